The summed E-state index contributed by atoms with van der Waals surface area (Å²) in [6.07, 6.45) is 2.91. The zero-order valence-electron chi connectivity index (χ0n) is 15.6. The van der Waals surface area contributed by atoms with Crippen molar-refractivity contribution >= 4 is 45.9 Å². The number of aromatic nitrogens is 3. The van der Waals surface area contributed by atoms with E-state index in [0.717, 1.165) is 0 Å². The number of nitrogens with zero attached hydrogens (tertiary/aromatic N) is 4. The molecule has 0 atom stereocenters. The van der Waals surface area contributed by atoms with Crippen LogP contribution in [0, 0.1) is 0 Å². The number of nitrogens with one attached hydrogen (secondary N) is 1. The molecule has 8 nitrogen and oxygen atoms in total. The molecule has 4 rings (SSSR count). The second-order valence-corrected chi connectivity index (χ2v) is 7.32. The first-order valence-corrected chi connectivity index (χ1v) is 9.95. The van der Waals surface area contributed by atoms with Gasteiger partial charge in [-0.1, -0.05) is 29.8 Å². The average Bonchev–Trinajstić information content (AvgIpc) is 3.44. The highest BCUT2D eigenvalue weighted by molar-refractivity contribution is 7.14. The molecular formula is C20H14ClN5O3S. The van der Waals surface area contributed by atoms with Gasteiger partial charge in [-0.2, -0.15) is 0 Å². The SMILES string of the molecule is CN(C(=O)c1ccccc1Cl)c1ncc(C(=O)Nc2nc(-c3ccccn3)cs2)o1. The van der Waals surface area contributed by atoms with E-state index in [0.29, 0.717) is 27.1 Å². The molecule has 3 aromatic heterocycles. The van der Waals surface area contributed by atoms with Gasteiger partial charge in [-0.15, -0.1) is 11.3 Å². The Morgan fingerprint density at radius 1 is 1.10 bits per heavy atom. The molecular weight excluding hydrogens is 426 g/mol. The van der Waals surface area contributed by atoms with Crippen molar-refractivity contribution in [2.45, 2.75) is 0 Å². The molecule has 0 spiro atoms. The lowest BCUT2D eigenvalue weighted by Gasteiger charge is -2.13. The number of halogens is 1. The molecule has 0 aliphatic heterocycles. The third kappa shape index (κ3) is 4.07. The number of pyridine rings is 1. The number of anilines is 2. The minimum absolute atomic E-state index is 0.0293. The normalized spacial score (nSPS) is 10.6. The van der Waals surface area contributed by atoms with E-state index in [9.17, 15) is 9.59 Å². The van der Waals surface area contributed by atoms with E-state index >= 15 is 0 Å². The van der Waals surface area contributed by atoms with Crippen LogP contribution in [0.3, 0.4) is 0 Å². The van der Waals surface area contributed by atoms with Crippen molar-refractivity contribution in [3.8, 4) is 11.4 Å². The minimum atomic E-state index is -0.533. The Labute approximate surface area is 180 Å². The topological polar surface area (TPSA) is 101 Å². The second-order valence-electron chi connectivity index (χ2n) is 6.06. The van der Waals surface area contributed by atoms with Crippen molar-refractivity contribution in [2.24, 2.45) is 0 Å². The standard InChI is InChI=1S/C20H14ClN5O3S/c1-26(18(28)12-6-2-3-7-13(12)21)20-23-10-16(29-20)17(27)25-19-24-15(11-30-19)14-8-4-5-9-22-14/h2-11H,1H3,(H,24,25,27). The van der Waals surface area contributed by atoms with Crippen LogP contribution in [0.25, 0.3) is 11.4 Å². The largest absolute Gasteiger partial charge is 0.418 e. The number of oxazole rings is 1. The van der Waals surface area contributed by atoms with Crippen molar-refractivity contribution in [3.05, 3.63) is 76.6 Å². The van der Waals surface area contributed by atoms with Crippen LogP contribution >= 0.6 is 22.9 Å². The highest BCUT2D eigenvalue weighted by atomic mass is 35.5. The molecule has 2 amide bonds. The summed E-state index contributed by atoms with van der Waals surface area (Å²) < 4.78 is 5.46. The van der Waals surface area contributed by atoms with Gasteiger partial charge in [0.15, 0.2) is 5.13 Å². The maximum absolute atomic E-state index is 12.6. The molecule has 0 bridgehead atoms. The van der Waals surface area contributed by atoms with E-state index in [1.807, 2.05) is 18.2 Å². The summed E-state index contributed by atoms with van der Waals surface area (Å²) in [7, 11) is 1.49. The Bertz CT molecular complexity index is 1210. The van der Waals surface area contributed by atoms with Gasteiger partial charge < -0.3 is 4.42 Å². The zero-order chi connectivity index (χ0) is 21.1. The summed E-state index contributed by atoms with van der Waals surface area (Å²) in [5.41, 5.74) is 1.66. The molecule has 30 heavy (non-hydrogen) atoms. The third-order valence-electron chi connectivity index (χ3n) is 4.07. The first-order chi connectivity index (χ1) is 14.5. The Morgan fingerprint density at radius 3 is 2.67 bits per heavy atom. The predicted molar refractivity (Wildman–Crippen MR) is 114 cm³/mol. The van der Waals surface area contributed by atoms with Crippen molar-refractivity contribution in [2.75, 3.05) is 17.3 Å². The highest BCUT2D eigenvalue weighted by Crippen LogP contribution is 2.24. The fraction of sp³-hybridized carbons (Fsp3) is 0.0500. The maximum atomic E-state index is 12.6. The monoisotopic (exact) mass is 439 g/mol. The molecule has 1 aromatic carbocycles. The second kappa shape index (κ2) is 8.44. The summed E-state index contributed by atoms with van der Waals surface area (Å²) in [6.45, 7) is 0. The van der Waals surface area contributed by atoms with Gasteiger partial charge in [-0.05, 0) is 24.3 Å². The van der Waals surface area contributed by atoms with E-state index < -0.39 is 11.8 Å². The van der Waals surface area contributed by atoms with E-state index in [4.69, 9.17) is 16.0 Å². The summed E-state index contributed by atoms with van der Waals surface area (Å²) >= 11 is 7.33. The van der Waals surface area contributed by atoms with Crippen molar-refractivity contribution in [3.63, 3.8) is 0 Å². The molecule has 150 valence electrons. The van der Waals surface area contributed by atoms with Crippen LogP contribution in [0.2, 0.25) is 5.02 Å². The maximum Gasteiger partial charge on any atom is 0.304 e. The number of benzene rings is 1. The number of amides is 2. The lowest BCUT2D eigenvalue weighted by Crippen LogP contribution is -2.26. The Hall–Kier alpha value is -3.56. The molecule has 4 aromatic rings. The van der Waals surface area contributed by atoms with Crippen molar-refractivity contribution in [1.29, 1.82) is 0 Å². The summed E-state index contributed by atoms with van der Waals surface area (Å²) in [5.74, 6) is -0.998. The molecule has 0 aliphatic rings. The number of hydrogen-bond acceptors (Lipinski definition) is 7. The summed E-state index contributed by atoms with van der Waals surface area (Å²) in [6, 6.07) is 12.1. The van der Waals surface area contributed by atoms with Gasteiger partial charge in [-0.25, -0.2) is 9.97 Å². The van der Waals surface area contributed by atoms with Crippen LogP contribution in [-0.2, 0) is 0 Å². The third-order valence-corrected chi connectivity index (χ3v) is 5.15. The van der Waals surface area contributed by atoms with Crippen LogP contribution in [0.1, 0.15) is 20.9 Å². The molecule has 0 unspecified atom stereocenters. The van der Waals surface area contributed by atoms with Gasteiger partial charge in [-0.3, -0.25) is 24.8 Å². The molecule has 3 heterocycles. The number of carbonyl (C=O) groups excluding carboxylic acids is 2. The van der Waals surface area contributed by atoms with Gasteiger partial charge in [0.05, 0.1) is 22.5 Å². The molecule has 0 saturated carbocycles. The number of thiazole rings is 1. The smallest absolute Gasteiger partial charge is 0.304 e. The molecule has 0 aliphatic carbocycles. The highest BCUT2D eigenvalue weighted by Gasteiger charge is 2.22. The first kappa shape index (κ1) is 19.7. The lowest BCUT2D eigenvalue weighted by molar-refractivity contribution is 0.0972. The van der Waals surface area contributed by atoms with Gasteiger partial charge in [0.2, 0.25) is 5.76 Å². The average molecular weight is 440 g/mol. The lowest BCUT2D eigenvalue weighted by atomic mass is 10.2. The van der Waals surface area contributed by atoms with Gasteiger partial charge in [0.25, 0.3) is 11.8 Å². The first-order valence-electron chi connectivity index (χ1n) is 8.69. The van der Waals surface area contributed by atoms with Crippen LogP contribution in [0.4, 0.5) is 11.1 Å². The fourth-order valence-electron chi connectivity index (χ4n) is 2.55. The molecule has 0 fully saturated rings. The van der Waals surface area contributed by atoms with Crippen molar-refractivity contribution in [1.82, 2.24) is 15.0 Å². The van der Waals surface area contributed by atoms with E-state index in [2.05, 4.69) is 20.3 Å². The van der Waals surface area contributed by atoms with Gasteiger partial charge >= 0.3 is 6.01 Å². The zero-order valence-corrected chi connectivity index (χ0v) is 17.1. The summed E-state index contributed by atoms with van der Waals surface area (Å²) in [5, 5.41) is 5.14. The fourth-order valence-corrected chi connectivity index (χ4v) is 3.46. The number of rotatable bonds is 5. The van der Waals surface area contributed by atoms with Crippen LogP contribution < -0.4 is 10.2 Å². The van der Waals surface area contributed by atoms with E-state index in [1.165, 1.54) is 29.5 Å². The van der Waals surface area contributed by atoms with Gasteiger partial charge in [0, 0.05) is 18.6 Å². The molecule has 0 saturated heterocycles. The summed E-state index contributed by atoms with van der Waals surface area (Å²) in [4.78, 5) is 38.8. The van der Waals surface area contributed by atoms with Crippen LogP contribution in [0.5, 0.6) is 0 Å². The Kier molecular flexibility index (Phi) is 5.55. The van der Waals surface area contributed by atoms with E-state index in [-0.39, 0.29) is 11.8 Å². The van der Waals surface area contributed by atoms with Crippen LogP contribution in [-0.4, -0.2) is 33.8 Å². The minimum Gasteiger partial charge on any atom is -0.418 e. The number of carbonyl (C=O) groups is 2. The molecule has 0 radical (unpaired) electrons. The van der Waals surface area contributed by atoms with Gasteiger partial charge in [0.1, 0.15) is 5.69 Å². The van der Waals surface area contributed by atoms with Crippen LogP contribution in [0.15, 0.2) is 64.7 Å². The number of hydrogen-bond donors (Lipinski definition) is 1. The quantitative estimate of drug-likeness (QED) is 0.495. The molecule has 1 N–H and O–H groups in total. The Morgan fingerprint density at radius 2 is 1.90 bits per heavy atom. The Balaban J connectivity index is 1.46. The van der Waals surface area contributed by atoms with E-state index in [1.54, 1.807) is 35.8 Å². The molecule has 10 heteroatoms. The predicted octanol–water partition coefficient (Wildman–Crippen LogP) is 4.38. The van der Waals surface area contributed by atoms with Crippen molar-refractivity contribution < 1.29 is 14.0 Å².